The normalized spacial score (nSPS) is 10.4. The van der Waals surface area contributed by atoms with Crippen LogP contribution < -0.4 is 11.3 Å². The van der Waals surface area contributed by atoms with Crippen molar-refractivity contribution >= 4 is 5.91 Å². The Bertz CT molecular complexity index is 569. The third kappa shape index (κ3) is 2.51. The van der Waals surface area contributed by atoms with Gasteiger partial charge in [0.25, 0.3) is 11.5 Å². The van der Waals surface area contributed by atoms with Gasteiger partial charge in [-0.3, -0.25) is 14.7 Å². The number of H-pyrrole nitrogens is 1. The van der Waals surface area contributed by atoms with Crippen LogP contribution in [-0.2, 0) is 13.0 Å². The molecule has 0 unspecified atom stereocenters. The van der Waals surface area contributed by atoms with Crippen LogP contribution in [0.3, 0.4) is 0 Å². The zero-order chi connectivity index (χ0) is 12.3. The Morgan fingerprint density at radius 2 is 2.00 bits per heavy atom. The van der Waals surface area contributed by atoms with Crippen molar-refractivity contribution in [2.75, 3.05) is 0 Å². The number of rotatable bonds is 3. The summed E-state index contributed by atoms with van der Waals surface area (Å²) in [7, 11) is 0. The van der Waals surface area contributed by atoms with Crippen LogP contribution in [0.15, 0.2) is 41.2 Å². The fourth-order valence-corrected chi connectivity index (χ4v) is 1.58. The van der Waals surface area contributed by atoms with E-state index in [4.69, 9.17) is 5.73 Å². The van der Waals surface area contributed by atoms with Crippen LogP contribution in [0, 0.1) is 0 Å². The molecule has 0 aliphatic heterocycles. The van der Waals surface area contributed by atoms with Crippen LogP contribution in [0.2, 0.25) is 0 Å². The van der Waals surface area contributed by atoms with E-state index in [1.54, 1.807) is 0 Å². The predicted octanol–water partition coefficient (Wildman–Crippen LogP) is 0.518. The summed E-state index contributed by atoms with van der Waals surface area (Å²) < 4.78 is 0.995. The molecular weight excluding hydrogens is 218 g/mol. The molecule has 3 N–H and O–H groups in total. The number of carbonyl (C=O) groups is 1. The van der Waals surface area contributed by atoms with Gasteiger partial charge in [0.2, 0.25) is 0 Å². The largest absolute Gasteiger partial charge is 0.325 e. The molecule has 0 saturated carbocycles. The van der Waals surface area contributed by atoms with E-state index in [0.29, 0.717) is 5.69 Å². The fourth-order valence-electron chi connectivity index (χ4n) is 1.58. The number of aromatic amines is 1. The number of nitrogens with zero attached hydrogens (tertiary/aromatic N) is 1. The lowest BCUT2D eigenvalue weighted by Gasteiger charge is -2.01. The van der Waals surface area contributed by atoms with Crippen molar-refractivity contribution < 1.29 is 4.79 Å². The van der Waals surface area contributed by atoms with E-state index in [2.05, 4.69) is 5.10 Å². The van der Waals surface area contributed by atoms with Crippen molar-refractivity contribution in [3.05, 3.63) is 58.0 Å². The minimum absolute atomic E-state index is 0.186. The lowest BCUT2D eigenvalue weighted by molar-refractivity contribution is 0.0894. The van der Waals surface area contributed by atoms with E-state index in [1.807, 2.05) is 30.3 Å². The van der Waals surface area contributed by atoms with Gasteiger partial charge in [-0.2, -0.15) is 4.68 Å². The van der Waals surface area contributed by atoms with Gasteiger partial charge >= 0.3 is 0 Å². The summed E-state index contributed by atoms with van der Waals surface area (Å²) in [6, 6.07) is 10.6. The highest BCUT2D eigenvalue weighted by Crippen LogP contribution is 2.01. The minimum atomic E-state index is -0.369. The highest BCUT2D eigenvalue weighted by molar-refractivity contribution is 5.80. The van der Waals surface area contributed by atoms with Crippen molar-refractivity contribution in [3.8, 4) is 0 Å². The maximum atomic E-state index is 11.9. The summed E-state index contributed by atoms with van der Waals surface area (Å²) in [5.74, 6) is -0.291. The summed E-state index contributed by atoms with van der Waals surface area (Å²) in [5.41, 5.74) is 6.44. The quantitative estimate of drug-likeness (QED) is 0.808. The molecule has 2 rings (SSSR count). The van der Waals surface area contributed by atoms with Crippen molar-refractivity contribution in [2.45, 2.75) is 13.0 Å². The van der Waals surface area contributed by atoms with E-state index < -0.39 is 0 Å². The summed E-state index contributed by atoms with van der Waals surface area (Å²) >= 11 is 0. The minimum Gasteiger partial charge on any atom is -0.325 e. The van der Waals surface area contributed by atoms with Gasteiger partial charge < -0.3 is 5.73 Å². The first kappa shape index (κ1) is 11.3. The fraction of sp³-hybridized carbons (Fsp3) is 0.167. The molecule has 17 heavy (non-hydrogen) atoms. The molecule has 0 saturated heterocycles. The van der Waals surface area contributed by atoms with Gasteiger partial charge in [0.1, 0.15) is 0 Å². The number of hydrogen-bond donors (Lipinski definition) is 2. The van der Waals surface area contributed by atoms with E-state index in [0.717, 1.165) is 10.2 Å². The molecule has 0 spiro atoms. The Hall–Kier alpha value is -2.14. The smallest absolute Gasteiger partial charge is 0.273 e. The van der Waals surface area contributed by atoms with Crippen LogP contribution in [-0.4, -0.2) is 15.7 Å². The number of benzene rings is 1. The molecule has 5 nitrogen and oxygen atoms in total. The zero-order valence-electron chi connectivity index (χ0n) is 9.22. The molecule has 1 heterocycles. The van der Waals surface area contributed by atoms with Crippen LogP contribution in [0.25, 0.3) is 0 Å². The molecule has 1 aromatic carbocycles. The number of nitrogens with two attached hydrogens (primary N) is 1. The highest BCUT2D eigenvalue weighted by Gasteiger charge is 2.10. The lowest BCUT2D eigenvalue weighted by atomic mass is 10.1. The van der Waals surface area contributed by atoms with Gasteiger partial charge in [0, 0.05) is 12.6 Å². The molecule has 0 aliphatic rings. The number of carbonyl (C=O) groups excluding carboxylic acids is 1. The van der Waals surface area contributed by atoms with Crippen molar-refractivity contribution in [1.82, 2.24) is 9.78 Å². The first-order valence-corrected chi connectivity index (χ1v) is 5.29. The SMILES string of the molecule is NCc1cc(=O)n(C(=O)Cc2ccccc2)[nH]1. The molecule has 0 radical (unpaired) electrons. The van der Waals surface area contributed by atoms with Crippen molar-refractivity contribution in [2.24, 2.45) is 5.73 Å². The predicted molar refractivity (Wildman–Crippen MR) is 63.7 cm³/mol. The molecule has 88 valence electrons. The second-order valence-corrected chi connectivity index (χ2v) is 3.72. The molecule has 0 fully saturated rings. The summed E-state index contributed by atoms with van der Waals surface area (Å²) in [6.07, 6.45) is 0.186. The van der Waals surface area contributed by atoms with Gasteiger partial charge in [-0.05, 0) is 5.56 Å². The average molecular weight is 231 g/mol. The zero-order valence-corrected chi connectivity index (χ0v) is 9.22. The monoisotopic (exact) mass is 231 g/mol. The third-order valence-corrected chi connectivity index (χ3v) is 2.44. The topological polar surface area (TPSA) is 80.9 Å². The van der Waals surface area contributed by atoms with E-state index in [-0.39, 0.29) is 24.4 Å². The van der Waals surface area contributed by atoms with Crippen molar-refractivity contribution in [3.63, 3.8) is 0 Å². The van der Waals surface area contributed by atoms with Crippen molar-refractivity contribution in [1.29, 1.82) is 0 Å². The average Bonchev–Trinajstić information content (AvgIpc) is 2.72. The maximum Gasteiger partial charge on any atom is 0.273 e. The van der Waals surface area contributed by atoms with Gasteiger partial charge in [-0.15, -0.1) is 0 Å². The second-order valence-electron chi connectivity index (χ2n) is 3.72. The Labute approximate surface area is 97.9 Å². The Kier molecular flexibility index (Phi) is 3.20. The first-order chi connectivity index (χ1) is 8.20. The lowest BCUT2D eigenvalue weighted by Crippen LogP contribution is -2.25. The Balaban J connectivity index is 2.20. The molecule has 2 aromatic rings. The maximum absolute atomic E-state index is 11.9. The van der Waals surface area contributed by atoms with Gasteiger partial charge in [0.15, 0.2) is 0 Å². The van der Waals surface area contributed by atoms with Gasteiger partial charge in [0.05, 0.1) is 12.1 Å². The number of aromatic nitrogens is 2. The molecule has 0 bridgehead atoms. The summed E-state index contributed by atoms with van der Waals surface area (Å²) in [6.45, 7) is 0.209. The highest BCUT2D eigenvalue weighted by atomic mass is 16.2. The summed E-state index contributed by atoms with van der Waals surface area (Å²) in [5, 5.41) is 2.68. The first-order valence-electron chi connectivity index (χ1n) is 5.29. The Morgan fingerprint density at radius 1 is 1.29 bits per heavy atom. The molecule has 0 amide bonds. The van der Waals surface area contributed by atoms with Crippen LogP contribution >= 0.6 is 0 Å². The van der Waals surface area contributed by atoms with Gasteiger partial charge in [-0.25, -0.2) is 0 Å². The Morgan fingerprint density at radius 3 is 2.59 bits per heavy atom. The second kappa shape index (κ2) is 4.80. The molecule has 5 heteroatoms. The van der Waals surface area contributed by atoms with E-state index in [1.165, 1.54) is 6.07 Å². The van der Waals surface area contributed by atoms with E-state index >= 15 is 0 Å². The third-order valence-electron chi connectivity index (χ3n) is 2.44. The van der Waals surface area contributed by atoms with Crippen LogP contribution in [0.4, 0.5) is 0 Å². The van der Waals surface area contributed by atoms with Gasteiger partial charge in [-0.1, -0.05) is 30.3 Å². The van der Waals surface area contributed by atoms with Crippen LogP contribution in [0.1, 0.15) is 16.1 Å². The summed E-state index contributed by atoms with van der Waals surface area (Å²) in [4.78, 5) is 23.3. The molecular formula is C12H13N3O2. The molecule has 1 aromatic heterocycles. The number of hydrogen-bond acceptors (Lipinski definition) is 3. The number of nitrogens with one attached hydrogen (secondary N) is 1. The standard InChI is InChI=1S/C12H13N3O2/c13-8-10-7-12(17)15(14-10)11(16)6-9-4-2-1-3-5-9/h1-5,7,14H,6,8,13H2. The molecule has 0 atom stereocenters. The molecule has 0 aliphatic carbocycles. The van der Waals surface area contributed by atoms with E-state index in [9.17, 15) is 9.59 Å². The van der Waals surface area contributed by atoms with Crippen LogP contribution in [0.5, 0.6) is 0 Å².